The average molecular weight is 153 g/mol. The first-order valence-corrected chi connectivity index (χ1v) is 3.88. The zero-order chi connectivity index (χ0) is 9.11. The maximum Gasteiger partial charge on any atom is 0.0276 e. The van der Waals surface area contributed by atoms with Crippen LogP contribution in [0.5, 0.6) is 0 Å². The van der Waals surface area contributed by atoms with E-state index in [1.54, 1.807) is 0 Å². The van der Waals surface area contributed by atoms with Gasteiger partial charge in [-0.3, -0.25) is 4.99 Å². The highest BCUT2D eigenvalue weighted by molar-refractivity contribution is 5.83. The van der Waals surface area contributed by atoms with Crippen LogP contribution in [0.2, 0.25) is 0 Å². The normalized spacial score (nSPS) is 11.0. The standard InChI is InChI=1S/C8H15N.C2H4/c1-4-5-6-7-8(2)9-3;1-2/h5-6H,4,7H2,1-3H3;1-2H2/b6-5-,9-8?;. The second kappa shape index (κ2) is 11.9. The molecule has 0 atom stereocenters. The molecule has 0 unspecified atom stereocenters. The van der Waals surface area contributed by atoms with Crippen LogP contribution in [-0.4, -0.2) is 12.8 Å². The van der Waals surface area contributed by atoms with Crippen molar-refractivity contribution in [1.29, 1.82) is 0 Å². The fourth-order valence-electron chi connectivity index (χ4n) is 0.512. The number of allylic oxidation sites excluding steroid dienone is 2. The summed E-state index contributed by atoms with van der Waals surface area (Å²) in [5.41, 5.74) is 1.19. The quantitative estimate of drug-likeness (QED) is 0.436. The van der Waals surface area contributed by atoms with Gasteiger partial charge >= 0.3 is 0 Å². The summed E-state index contributed by atoms with van der Waals surface area (Å²) in [7, 11) is 1.83. The van der Waals surface area contributed by atoms with Crippen LogP contribution in [0.25, 0.3) is 0 Å². The van der Waals surface area contributed by atoms with Gasteiger partial charge in [-0.2, -0.15) is 0 Å². The number of rotatable bonds is 3. The molecule has 0 aliphatic rings. The van der Waals surface area contributed by atoms with Crippen molar-refractivity contribution in [2.45, 2.75) is 26.7 Å². The highest BCUT2D eigenvalue weighted by atomic mass is 14.7. The molecule has 1 heteroatoms. The molecule has 64 valence electrons. The first-order chi connectivity index (χ1) is 5.31. The van der Waals surface area contributed by atoms with Gasteiger partial charge in [-0.25, -0.2) is 0 Å². The van der Waals surface area contributed by atoms with Crippen molar-refractivity contribution in [3.05, 3.63) is 25.3 Å². The van der Waals surface area contributed by atoms with E-state index >= 15 is 0 Å². The van der Waals surface area contributed by atoms with E-state index in [2.05, 4.69) is 37.2 Å². The molecule has 0 aromatic carbocycles. The molecule has 0 radical (unpaired) electrons. The Morgan fingerprint density at radius 1 is 1.36 bits per heavy atom. The average Bonchev–Trinajstić information content (AvgIpc) is 2.08. The van der Waals surface area contributed by atoms with Crippen molar-refractivity contribution in [3.63, 3.8) is 0 Å². The highest BCUT2D eigenvalue weighted by Gasteiger charge is 1.80. The Morgan fingerprint density at radius 3 is 2.27 bits per heavy atom. The number of hydrogen-bond donors (Lipinski definition) is 0. The van der Waals surface area contributed by atoms with Gasteiger partial charge in [0.05, 0.1) is 0 Å². The Bertz CT molecular complexity index is 123. The van der Waals surface area contributed by atoms with E-state index in [0.717, 1.165) is 12.8 Å². The molecule has 0 fully saturated rings. The molecule has 1 nitrogen and oxygen atoms in total. The number of hydrogen-bond acceptors (Lipinski definition) is 1. The maximum absolute atomic E-state index is 4.03. The predicted molar refractivity (Wildman–Crippen MR) is 54.3 cm³/mol. The van der Waals surface area contributed by atoms with Crippen LogP contribution < -0.4 is 0 Å². The van der Waals surface area contributed by atoms with Crippen LogP contribution in [0.4, 0.5) is 0 Å². The smallest absolute Gasteiger partial charge is 0.0276 e. The van der Waals surface area contributed by atoms with E-state index in [1.165, 1.54) is 5.71 Å². The topological polar surface area (TPSA) is 12.4 Å². The lowest BCUT2D eigenvalue weighted by Crippen LogP contribution is -1.85. The molecule has 11 heavy (non-hydrogen) atoms. The molecular weight excluding hydrogens is 134 g/mol. The van der Waals surface area contributed by atoms with E-state index in [4.69, 9.17) is 0 Å². The molecule has 0 saturated carbocycles. The van der Waals surface area contributed by atoms with E-state index in [1.807, 2.05) is 14.0 Å². The summed E-state index contributed by atoms with van der Waals surface area (Å²) in [6, 6.07) is 0. The Morgan fingerprint density at radius 2 is 1.91 bits per heavy atom. The van der Waals surface area contributed by atoms with Gasteiger partial charge in [0.15, 0.2) is 0 Å². The number of aliphatic imine (C=N–C) groups is 1. The van der Waals surface area contributed by atoms with Crippen LogP contribution in [-0.2, 0) is 0 Å². The van der Waals surface area contributed by atoms with Crippen molar-refractivity contribution in [2.24, 2.45) is 4.99 Å². The summed E-state index contributed by atoms with van der Waals surface area (Å²) in [4.78, 5) is 4.03. The summed E-state index contributed by atoms with van der Waals surface area (Å²) >= 11 is 0. The summed E-state index contributed by atoms with van der Waals surface area (Å²) < 4.78 is 0. The lowest BCUT2D eigenvalue weighted by Gasteiger charge is -1.88. The van der Waals surface area contributed by atoms with Crippen molar-refractivity contribution in [2.75, 3.05) is 7.05 Å². The lowest BCUT2D eigenvalue weighted by molar-refractivity contribution is 1.20. The Labute approximate surface area is 70.5 Å². The summed E-state index contributed by atoms with van der Waals surface area (Å²) in [5.74, 6) is 0. The summed E-state index contributed by atoms with van der Waals surface area (Å²) in [6.07, 6.45) is 6.44. The Hall–Kier alpha value is -0.850. The summed E-state index contributed by atoms with van der Waals surface area (Å²) in [6.45, 7) is 10.2. The lowest BCUT2D eigenvalue weighted by atomic mass is 10.2. The molecule has 0 spiro atoms. The first-order valence-electron chi connectivity index (χ1n) is 3.88. The van der Waals surface area contributed by atoms with E-state index in [-0.39, 0.29) is 0 Å². The molecule has 0 amide bonds. The third-order valence-corrected chi connectivity index (χ3v) is 1.20. The van der Waals surface area contributed by atoms with Crippen molar-refractivity contribution < 1.29 is 0 Å². The minimum absolute atomic E-state index is 1.00. The predicted octanol–water partition coefficient (Wildman–Crippen LogP) is 3.24. The molecular formula is C10H19N. The third kappa shape index (κ3) is 12.4. The molecule has 0 heterocycles. The maximum atomic E-state index is 4.03. The van der Waals surface area contributed by atoms with E-state index in [9.17, 15) is 0 Å². The summed E-state index contributed by atoms with van der Waals surface area (Å²) in [5, 5.41) is 0. The van der Waals surface area contributed by atoms with Gasteiger partial charge in [0.25, 0.3) is 0 Å². The Kier molecular flexibility index (Phi) is 13.8. The molecule has 0 aliphatic heterocycles. The molecule has 0 aromatic heterocycles. The van der Waals surface area contributed by atoms with Gasteiger partial charge in [-0.1, -0.05) is 19.1 Å². The van der Waals surface area contributed by atoms with Crippen molar-refractivity contribution in [1.82, 2.24) is 0 Å². The fourth-order valence-corrected chi connectivity index (χ4v) is 0.512. The fraction of sp³-hybridized carbons (Fsp3) is 0.500. The third-order valence-electron chi connectivity index (χ3n) is 1.20. The van der Waals surface area contributed by atoms with Gasteiger partial charge in [-0.15, -0.1) is 13.2 Å². The molecule has 0 aliphatic carbocycles. The van der Waals surface area contributed by atoms with Gasteiger partial charge in [-0.05, 0) is 13.3 Å². The van der Waals surface area contributed by atoms with Crippen LogP contribution in [0.15, 0.2) is 30.3 Å². The molecule has 0 saturated heterocycles. The van der Waals surface area contributed by atoms with Crippen LogP contribution >= 0.6 is 0 Å². The van der Waals surface area contributed by atoms with Gasteiger partial charge in [0, 0.05) is 19.2 Å². The largest absolute Gasteiger partial charge is 0.297 e. The molecule has 0 rings (SSSR count). The Balaban J connectivity index is 0. The zero-order valence-electron chi connectivity index (χ0n) is 7.93. The molecule has 0 aromatic rings. The van der Waals surface area contributed by atoms with Crippen LogP contribution in [0.3, 0.4) is 0 Å². The van der Waals surface area contributed by atoms with Crippen molar-refractivity contribution in [3.8, 4) is 0 Å². The van der Waals surface area contributed by atoms with Gasteiger partial charge in [0.2, 0.25) is 0 Å². The van der Waals surface area contributed by atoms with Gasteiger partial charge in [0.1, 0.15) is 0 Å². The van der Waals surface area contributed by atoms with Gasteiger partial charge < -0.3 is 0 Å². The second-order valence-electron chi connectivity index (χ2n) is 2.04. The molecule has 0 N–H and O–H groups in total. The molecule has 0 bridgehead atoms. The second-order valence-corrected chi connectivity index (χ2v) is 2.04. The SMILES string of the molecule is C=C.CC/C=C\CC(C)=NC. The minimum Gasteiger partial charge on any atom is -0.297 e. The number of nitrogens with zero attached hydrogens (tertiary/aromatic N) is 1. The van der Waals surface area contributed by atoms with E-state index < -0.39 is 0 Å². The monoisotopic (exact) mass is 153 g/mol. The van der Waals surface area contributed by atoms with Crippen molar-refractivity contribution >= 4 is 5.71 Å². The van der Waals surface area contributed by atoms with E-state index in [0.29, 0.717) is 0 Å². The zero-order valence-corrected chi connectivity index (χ0v) is 7.93. The first kappa shape index (κ1) is 12.8. The van der Waals surface area contributed by atoms with Crippen LogP contribution in [0.1, 0.15) is 26.7 Å². The minimum atomic E-state index is 1.00. The highest BCUT2D eigenvalue weighted by Crippen LogP contribution is 1.88. The van der Waals surface area contributed by atoms with Crippen LogP contribution in [0, 0.1) is 0 Å².